The van der Waals surface area contributed by atoms with Gasteiger partial charge in [0.2, 0.25) is 11.9 Å². The van der Waals surface area contributed by atoms with E-state index in [0.29, 0.717) is 67.4 Å². The number of likely N-dealkylation sites (tertiary alicyclic amines) is 1. The van der Waals surface area contributed by atoms with Crippen molar-refractivity contribution in [1.82, 2.24) is 24.8 Å². The average molecular weight is 585 g/mol. The first-order valence-corrected chi connectivity index (χ1v) is 14.7. The smallest absolute Gasteiger partial charge is 0.230 e. The number of nitriles is 1. The van der Waals surface area contributed by atoms with Gasteiger partial charge in [0.05, 0.1) is 38.0 Å². The molecule has 0 saturated carbocycles. The number of rotatable bonds is 11. The van der Waals surface area contributed by atoms with E-state index in [1.165, 1.54) is 12.0 Å². The third-order valence-corrected chi connectivity index (χ3v) is 8.20. The number of methoxy groups -OCH3 is 1. The largest absolute Gasteiger partial charge is 0.492 e. The molecule has 43 heavy (non-hydrogen) atoms. The van der Waals surface area contributed by atoms with Crippen LogP contribution in [0.4, 0.5) is 17.3 Å². The standard InChI is InChI=1S/C31H36N8O4/c1-41-13-12-39-17-22(14-29(39)40)18-43-28-7-2-23(15-24(28)16-32)30-33-21-34-31(36-30)35-25-3-5-26(6-4-25)37-8-10-38(11-9-37)27-19-42-20-27/h2-7,15,21-22,27H,8-14,17-20H2,1H3,(H,33,34,35,36). The molecule has 0 aliphatic carbocycles. The molecule has 3 aliphatic rings. The molecular formula is C31H36N8O4. The van der Waals surface area contributed by atoms with Crippen molar-refractivity contribution in [3.63, 3.8) is 0 Å². The predicted octanol–water partition coefficient (Wildman–Crippen LogP) is 2.55. The highest BCUT2D eigenvalue weighted by molar-refractivity contribution is 5.78. The van der Waals surface area contributed by atoms with Gasteiger partial charge < -0.3 is 29.3 Å². The molecule has 1 amide bonds. The molecule has 12 nitrogen and oxygen atoms in total. The maximum absolute atomic E-state index is 12.2. The van der Waals surface area contributed by atoms with Gasteiger partial charge in [-0.2, -0.15) is 10.2 Å². The normalized spacial score (nSPS) is 19.3. The Kier molecular flexibility index (Phi) is 8.93. The number of carbonyl (C=O) groups excluding carboxylic acids is 1. The highest BCUT2D eigenvalue weighted by Crippen LogP contribution is 2.27. The molecule has 3 aliphatic heterocycles. The third-order valence-electron chi connectivity index (χ3n) is 8.20. The third kappa shape index (κ3) is 6.85. The summed E-state index contributed by atoms with van der Waals surface area (Å²) < 4.78 is 16.4. The van der Waals surface area contributed by atoms with E-state index in [-0.39, 0.29) is 11.8 Å². The predicted molar refractivity (Wildman–Crippen MR) is 160 cm³/mol. The Labute approximate surface area is 251 Å². The van der Waals surface area contributed by atoms with Crippen molar-refractivity contribution in [2.75, 3.05) is 83.0 Å². The highest BCUT2D eigenvalue weighted by Gasteiger charge is 2.30. The van der Waals surface area contributed by atoms with Gasteiger partial charge in [0.15, 0.2) is 5.82 Å². The number of nitrogens with zero attached hydrogens (tertiary/aromatic N) is 7. The molecule has 2 aromatic carbocycles. The van der Waals surface area contributed by atoms with E-state index in [1.807, 2.05) is 18.2 Å². The number of anilines is 3. The number of ether oxygens (including phenoxy) is 3. The van der Waals surface area contributed by atoms with Gasteiger partial charge in [0, 0.05) is 75.7 Å². The Bertz CT molecular complexity index is 1450. The minimum absolute atomic E-state index is 0.0690. The van der Waals surface area contributed by atoms with Crippen LogP contribution in [-0.4, -0.2) is 110 Å². The molecule has 6 rings (SSSR count). The van der Waals surface area contributed by atoms with Gasteiger partial charge in [-0.3, -0.25) is 9.69 Å². The van der Waals surface area contributed by atoms with Crippen molar-refractivity contribution in [3.8, 4) is 23.2 Å². The van der Waals surface area contributed by atoms with Crippen molar-refractivity contribution in [2.45, 2.75) is 12.5 Å². The summed E-state index contributed by atoms with van der Waals surface area (Å²) in [6, 6.07) is 16.4. The number of carbonyl (C=O) groups is 1. The summed E-state index contributed by atoms with van der Waals surface area (Å²) in [6.45, 7) is 7.89. The summed E-state index contributed by atoms with van der Waals surface area (Å²) in [5, 5.41) is 13.1. The molecular weight excluding hydrogens is 548 g/mol. The summed E-state index contributed by atoms with van der Waals surface area (Å²) in [4.78, 5) is 32.1. The molecule has 4 heterocycles. The van der Waals surface area contributed by atoms with Crippen molar-refractivity contribution < 1.29 is 19.0 Å². The second-order valence-corrected chi connectivity index (χ2v) is 11.1. The molecule has 12 heteroatoms. The molecule has 1 unspecified atom stereocenters. The maximum atomic E-state index is 12.2. The summed E-state index contributed by atoms with van der Waals surface area (Å²) >= 11 is 0. The first-order chi connectivity index (χ1) is 21.1. The van der Waals surface area contributed by atoms with E-state index in [1.54, 1.807) is 24.1 Å². The minimum atomic E-state index is 0.0690. The van der Waals surface area contributed by atoms with Crippen LogP contribution in [0.2, 0.25) is 0 Å². The lowest BCUT2D eigenvalue weighted by Crippen LogP contribution is -2.56. The van der Waals surface area contributed by atoms with Crippen LogP contribution in [-0.2, 0) is 14.3 Å². The van der Waals surface area contributed by atoms with Gasteiger partial charge in [-0.1, -0.05) is 0 Å². The Morgan fingerprint density at radius 3 is 2.63 bits per heavy atom. The molecule has 3 fully saturated rings. The second-order valence-electron chi connectivity index (χ2n) is 11.1. The van der Waals surface area contributed by atoms with Crippen LogP contribution in [0.15, 0.2) is 48.8 Å². The van der Waals surface area contributed by atoms with Crippen molar-refractivity contribution >= 4 is 23.2 Å². The fraction of sp³-hybridized carbons (Fsp3) is 0.452. The summed E-state index contributed by atoms with van der Waals surface area (Å²) in [5.74, 6) is 1.50. The zero-order valence-electron chi connectivity index (χ0n) is 24.3. The quantitative estimate of drug-likeness (QED) is 0.357. The minimum Gasteiger partial charge on any atom is -0.492 e. The van der Waals surface area contributed by atoms with Crippen LogP contribution < -0.4 is 15.0 Å². The van der Waals surface area contributed by atoms with Crippen LogP contribution in [0, 0.1) is 17.2 Å². The number of piperazine rings is 1. The van der Waals surface area contributed by atoms with Gasteiger partial charge in [-0.15, -0.1) is 0 Å². The van der Waals surface area contributed by atoms with Crippen LogP contribution >= 0.6 is 0 Å². The fourth-order valence-electron chi connectivity index (χ4n) is 5.63. The van der Waals surface area contributed by atoms with E-state index in [9.17, 15) is 10.1 Å². The number of amides is 1. The van der Waals surface area contributed by atoms with Gasteiger partial charge in [0.1, 0.15) is 18.1 Å². The lowest BCUT2D eigenvalue weighted by atomic mass is 10.1. The van der Waals surface area contributed by atoms with Crippen LogP contribution in [0.25, 0.3) is 11.4 Å². The van der Waals surface area contributed by atoms with Crippen LogP contribution in [0.1, 0.15) is 12.0 Å². The summed E-state index contributed by atoms with van der Waals surface area (Å²) in [5.41, 5.74) is 3.13. The Morgan fingerprint density at radius 2 is 1.91 bits per heavy atom. The summed E-state index contributed by atoms with van der Waals surface area (Å²) in [6.07, 6.45) is 1.88. The van der Waals surface area contributed by atoms with E-state index in [4.69, 9.17) is 14.2 Å². The maximum Gasteiger partial charge on any atom is 0.230 e. The Morgan fingerprint density at radius 1 is 1.09 bits per heavy atom. The first kappa shape index (κ1) is 28.8. The second kappa shape index (κ2) is 13.3. The van der Waals surface area contributed by atoms with Crippen molar-refractivity contribution in [3.05, 3.63) is 54.4 Å². The Hall–Kier alpha value is -4.31. The molecule has 1 aromatic heterocycles. The molecule has 3 aromatic rings. The topological polar surface area (TPSA) is 129 Å². The van der Waals surface area contributed by atoms with Crippen molar-refractivity contribution in [2.24, 2.45) is 5.92 Å². The SMILES string of the molecule is COCCN1CC(COc2ccc(-c3ncnc(Nc4ccc(N5CCN(C6COC6)CC5)cc4)n3)cc2C#N)CC1=O. The number of aromatic nitrogens is 3. The van der Waals surface area contributed by atoms with Gasteiger partial charge in [-0.05, 0) is 42.5 Å². The molecule has 0 bridgehead atoms. The molecule has 1 atom stereocenters. The molecule has 1 N–H and O–H groups in total. The highest BCUT2D eigenvalue weighted by atomic mass is 16.5. The van der Waals surface area contributed by atoms with E-state index in [2.05, 4.69) is 48.3 Å². The fourth-order valence-corrected chi connectivity index (χ4v) is 5.63. The zero-order chi connectivity index (χ0) is 29.6. The summed E-state index contributed by atoms with van der Waals surface area (Å²) in [7, 11) is 1.62. The number of benzene rings is 2. The first-order valence-electron chi connectivity index (χ1n) is 14.7. The van der Waals surface area contributed by atoms with E-state index in [0.717, 1.165) is 45.1 Å². The molecule has 0 spiro atoms. The van der Waals surface area contributed by atoms with Crippen molar-refractivity contribution in [1.29, 1.82) is 5.26 Å². The average Bonchev–Trinajstić information content (AvgIpc) is 3.37. The lowest BCUT2D eigenvalue weighted by Gasteiger charge is -2.43. The van der Waals surface area contributed by atoms with Crippen LogP contribution in [0.3, 0.4) is 0 Å². The Balaban J connectivity index is 1.05. The lowest BCUT2D eigenvalue weighted by molar-refractivity contribution is -0.128. The van der Waals surface area contributed by atoms with Gasteiger partial charge in [0.25, 0.3) is 0 Å². The monoisotopic (exact) mass is 584 g/mol. The number of hydrogen-bond donors (Lipinski definition) is 1. The van der Waals surface area contributed by atoms with Crippen LogP contribution in [0.5, 0.6) is 5.75 Å². The molecule has 224 valence electrons. The number of nitrogens with one attached hydrogen (secondary N) is 1. The van der Waals surface area contributed by atoms with Gasteiger partial charge in [-0.25, -0.2) is 9.97 Å². The van der Waals surface area contributed by atoms with E-state index < -0.39 is 0 Å². The molecule has 3 saturated heterocycles. The van der Waals surface area contributed by atoms with Gasteiger partial charge >= 0.3 is 0 Å². The number of hydrogen-bond acceptors (Lipinski definition) is 11. The van der Waals surface area contributed by atoms with E-state index >= 15 is 0 Å². The molecule has 0 radical (unpaired) electrons. The zero-order valence-corrected chi connectivity index (χ0v) is 24.3.